The molecule has 0 radical (unpaired) electrons. The van der Waals surface area contributed by atoms with Crippen LogP contribution in [0.25, 0.3) is 0 Å². The molecule has 1 rings (SSSR count). The maximum Gasteiger partial charge on any atom is 0.232 e. The first-order chi connectivity index (χ1) is 4.75. The van der Waals surface area contributed by atoms with Crippen LogP contribution in [0.3, 0.4) is 0 Å². The molecule has 1 aromatic rings. The summed E-state index contributed by atoms with van der Waals surface area (Å²) in [5.74, 6) is -0.805. The van der Waals surface area contributed by atoms with Crippen LogP contribution in [0.1, 0.15) is 5.56 Å². The number of nitrogens with zero attached hydrogens (tertiary/aromatic N) is 2. The molecule has 1 aromatic heterocycles. The summed E-state index contributed by atoms with van der Waals surface area (Å²) in [5.41, 5.74) is 0.106. The Morgan fingerprint density at radius 1 is 1.70 bits per heavy atom. The molecule has 4 heteroatoms. The third kappa shape index (κ3) is 1.07. The van der Waals surface area contributed by atoms with Crippen molar-refractivity contribution in [2.24, 2.45) is 0 Å². The van der Waals surface area contributed by atoms with Crippen molar-refractivity contribution in [2.45, 2.75) is 0 Å². The van der Waals surface area contributed by atoms with Crippen molar-refractivity contribution in [3.05, 3.63) is 28.8 Å². The first-order valence-electron chi connectivity index (χ1n) is 2.46. The van der Waals surface area contributed by atoms with Gasteiger partial charge in [-0.15, -0.1) is 0 Å². The number of hydrogen-bond acceptors (Lipinski definition) is 2. The third-order valence-electron chi connectivity index (χ3n) is 0.967. The van der Waals surface area contributed by atoms with Crippen LogP contribution < -0.4 is 0 Å². The van der Waals surface area contributed by atoms with Crippen LogP contribution in [0.2, 0.25) is 5.02 Å². The first kappa shape index (κ1) is 6.97. The number of rotatable bonds is 0. The molecule has 10 heavy (non-hydrogen) atoms. The van der Waals surface area contributed by atoms with E-state index in [1.54, 1.807) is 6.07 Å². The standard InChI is InChI=1S/C6H2ClFN2/c7-5-4(3-9)1-2-10-6(5)8/h1-2H. The van der Waals surface area contributed by atoms with Gasteiger partial charge in [0, 0.05) is 6.20 Å². The number of nitriles is 1. The summed E-state index contributed by atoms with van der Waals surface area (Å²) in [6.45, 7) is 0. The number of pyridine rings is 1. The normalized spacial score (nSPS) is 8.90. The molecular formula is C6H2ClFN2. The predicted octanol–water partition coefficient (Wildman–Crippen LogP) is 1.75. The van der Waals surface area contributed by atoms with E-state index in [0.29, 0.717) is 0 Å². The number of hydrogen-bond donors (Lipinski definition) is 0. The van der Waals surface area contributed by atoms with Gasteiger partial charge in [0.15, 0.2) is 0 Å². The zero-order chi connectivity index (χ0) is 7.56. The van der Waals surface area contributed by atoms with Crippen molar-refractivity contribution < 1.29 is 4.39 Å². The summed E-state index contributed by atoms with van der Waals surface area (Å²) in [5, 5.41) is 8.10. The zero-order valence-electron chi connectivity index (χ0n) is 4.81. The lowest BCUT2D eigenvalue weighted by atomic mass is 10.3. The van der Waals surface area contributed by atoms with Crippen LogP contribution in [0.4, 0.5) is 4.39 Å². The quantitative estimate of drug-likeness (QED) is 0.537. The second-order valence-electron chi connectivity index (χ2n) is 1.58. The van der Waals surface area contributed by atoms with E-state index in [1.807, 2.05) is 0 Å². The van der Waals surface area contributed by atoms with Crippen LogP contribution >= 0.6 is 11.6 Å². The van der Waals surface area contributed by atoms with Crippen molar-refractivity contribution in [2.75, 3.05) is 0 Å². The highest BCUT2D eigenvalue weighted by atomic mass is 35.5. The monoisotopic (exact) mass is 156 g/mol. The summed E-state index contributed by atoms with van der Waals surface area (Å²) >= 11 is 5.33. The van der Waals surface area contributed by atoms with E-state index in [-0.39, 0.29) is 10.6 Å². The van der Waals surface area contributed by atoms with Crippen LogP contribution in [0, 0.1) is 17.3 Å². The topological polar surface area (TPSA) is 36.7 Å². The van der Waals surface area contributed by atoms with E-state index in [0.717, 1.165) is 0 Å². The van der Waals surface area contributed by atoms with Gasteiger partial charge < -0.3 is 0 Å². The molecule has 0 unspecified atom stereocenters. The molecule has 50 valence electrons. The highest BCUT2D eigenvalue weighted by molar-refractivity contribution is 6.31. The Balaban J connectivity index is 3.31. The van der Waals surface area contributed by atoms with Crippen LogP contribution in [-0.2, 0) is 0 Å². The van der Waals surface area contributed by atoms with Gasteiger partial charge in [-0.2, -0.15) is 9.65 Å². The molecule has 0 aromatic carbocycles. The van der Waals surface area contributed by atoms with E-state index in [9.17, 15) is 4.39 Å². The van der Waals surface area contributed by atoms with Crippen molar-refractivity contribution in [1.82, 2.24) is 4.98 Å². The Kier molecular flexibility index (Phi) is 1.83. The Labute approximate surface area is 61.9 Å². The first-order valence-corrected chi connectivity index (χ1v) is 2.83. The fourth-order valence-corrected chi connectivity index (χ4v) is 0.659. The molecule has 0 aliphatic carbocycles. The molecule has 0 amide bonds. The lowest BCUT2D eigenvalue weighted by Gasteiger charge is -1.91. The fourth-order valence-electron chi connectivity index (χ4n) is 0.505. The minimum absolute atomic E-state index is 0.106. The van der Waals surface area contributed by atoms with Gasteiger partial charge in [-0.25, -0.2) is 4.98 Å². The molecule has 0 aliphatic rings. The van der Waals surface area contributed by atoms with Gasteiger partial charge in [0.2, 0.25) is 5.95 Å². The Hall–Kier alpha value is -1.14. The van der Waals surface area contributed by atoms with Crippen molar-refractivity contribution in [3.8, 4) is 6.07 Å². The average Bonchev–Trinajstić information content (AvgIpc) is 1.95. The summed E-state index contributed by atoms with van der Waals surface area (Å²) in [4.78, 5) is 3.24. The predicted molar refractivity (Wildman–Crippen MR) is 33.9 cm³/mol. The van der Waals surface area contributed by atoms with Crippen molar-refractivity contribution in [1.29, 1.82) is 5.26 Å². The summed E-state index contributed by atoms with van der Waals surface area (Å²) in [6, 6.07) is 3.08. The summed E-state index contributed by atoms with van der Waals surface area (Å²) in [7, 11) is 0. The van der Waals surface area contributed by atoms with Gasteiger partial charge in [-0.1, -0.05) is 11.6 Å². The van der Waals surface area contributed by atoms with E-state index >= 15 is 0 Å². The van der Waals surface area contributed by atoms with Gasteiger partial charge in [-0.05, 0) is 6.07 Å². The molecule has 2 nitrogen and oxygen atoms in total. The van der Waals surface area contributed by atoms with Crippen LogP contribution in [0.5, 0.6) is 0 Å². The van der Waals surface area contributed by atoms with E-state index in [2.05, 4.69) is 4.98 Å². The van der Waals surface area contributed by atoms with E-state index in [1.165, 1.54) is 12.3 Å². The second-order valence-corrected chi connectivity index (χ2v) is 1.95. The summed E-state index contributed by atoms with van der Waals surface area (Å²) in [6.07, 6.45) is 1.19. The van der Waals surface area contributed by atoms with Gasteiger partial charge in [0.05, 0.1) is 5.56 Å². The van der Waals surface area contributed by atoms with Gasteiger partial charge in [0.25, 0.3) is 0 Å². The number of halogens is 2. The smallest absolute Gasteiger partial charge is 0.227 e. The third-order valence-corrected chi connectivity index (χ3v) is 1.33. The molecular weight excluding hydrogens is 155 g/mol. The number of aromatic nitrogens is 1. The second kappa shape index (κ2) is 2.63. The molecule has 0 fully saturated rings. The molecule has 0 saturated heterocycles. The maximum absolute atomic E-state index is 12.4. The molecule has 0 N–H and O–H groups in total. The zero-order valence-corrected chi connectivity index (χ0v) is 5.56. The maximum atomic E-state index is 12.4. The van der Waals surface area contributed by atoms with Crippen LogP contribution in [0.15, 0.2) is 12.3 Å². The van der Waals surface area contributed by atoms with Crippen molar-refractivity contribution in [3.63, 3.8) is 0 Å². The minimum Gasteiger partial charge on any atom is -0.227 e. The Morgan fingerprint density at radius 2 is 2.40 bits per heavy atom. The molecule has 1 heterocycles. The van der Waals surface area contributed by atoms with Crippen LogP contribution in [-0.4, -0.2) is 4.98 Å². The molecule has 0 saturated carbocycles. The highest BCUT2D eigenvalue weighted by Crippen LogP contribution is 2.15. The molecule has 0 aliphatic heterocycles. The lowest BCUT2D eigenvalue weighted by Crippen LogP contribution is -1.85. The Bertz CT molecular complexity index is 292. The molecule has 0 atom stereocenters. The SMILES string of the molecule is N#Cc1ccnc(F)c1Cl. The summed E-state index contributed by atoms with van der Waals surface area (Å²) < 4.78 is 12.4. The average molecular weight is 157 g/mol. The lowest BCUT2D eigenvalue weighted by molar-refractivity contribution is 0.584. The molecule has 0 bridgehead atoms. The van der Waals surface area contributed by atoms with Gasteiger partial charge in [0.1, 0.15) is 11.1 Å². The fraction of sp³-hybridized carbons (Fsp3) is 0. The molecule has 0 spiro atoms. The van der Waals surface area contributed by atoms with Crippen molar-refractivity contribution >= 4 is 11.6 Å². The largest absolute Gasteiger partial charge is 0.232 e. The highest BCUT2D eigenvalue weighted by Gasteiger charge is 2.04. The van der Waals surface area contributed by atoms with Gasteiger partial charge in [-0.3, -0.25) is 0 Å². The minimum atomic E-state index is -0.805. The van der Waals surface area contributed by atoms with Gasteiger partial charge >= 0.3 is 0 Å². The Morgan fingerprint density at radius 3 is 2.90 bits per heavy atom. The van der Waals surface area contributed by atoms with E-state index in [4.69, 9.17) is 16.9 Å². The van der Waals surface area contributed by atoms with E-state index < -0.39 is 5.95 Å².